The summed E-state index contributed by atoms with van der Waals surface area (Å²) in [4.78, 5) is 15.9. The van der Waals surface area contributed by atoms with Crippen LogP contribution < -0.4 is 5.32 Å². The Labute approximate surface area is 115 Å². The number of benzene rings is 1. The van der Waals surface area contributed by atoms with Crippen molar-refractivity contribution in [2.75, 3.05) is 11.1 Å². The predicted octanol–water partition coefficient (Wildman–Crippen LogP) is 2.57. The lowest BCUT2D eigenvalue weighted by atomic mass is 10.3. The number of H-pyrrole nitrogens is 1. The second-order valence-corrected chi connectivity index (χ2v) is 4.86. The number of thioether (sulfide) groups is 1. The van der Waals surface area contributed by atoms with Gasteiger partial charge in [-0.05, 0) is 24.0 Å². The molecule has 19 heavy (non-hydrogen) atoms. The number of carbonyl (C=O) groups is 1. The van der Waals surface area contributed by atoms with Gasteiger partial charge < -0.3 is 5.32 Å². The van der Waals surface area contributed by atoms with Gasteiger partial charge in [-0.2, -0.15) is 0 Å². The third-order valence-electron chi connectivity index (χ3n) is 2.19. The normalized spacial score (nSPS) is 10.8. The molecule has 0 atom stereocenters. The molecule has 0 fully saturated rings. The fourth-order valence-corrected chi connectivity index (χ4v) is 1.92. The average Bonchev–Trinajstić information content (AvgIpc) is 2.86. The van der Waals surface area contributed by atoms with Crippen LogP contribution in [0, 0.1) is 0 Å². The van der Waals surface area contributed by atoms with E-state index in [1.165, 1.54) is 6.08 Å². The van der Waals surface area contributed by atoms with Crippen LogP contribution in [0.5, 0.6) is 0 Å². The van der Waals surface area contributed by atoms with Crippen molar-refractivity contribution < 1.29 is 4.79 Å². The Kier molecular flexibility index (Phi) is 4.74. The first-order valence-corrected chi connectivity index (χ1v) is 6.86. The summed E-state index contributed by atoms with van der Waals surface area (Å²) in [6.45, 7) is 2.03. The van der Waals surface area contributed by atoms with Crippen molar-refractivity contribution in [2.45, 2.75) is 12.1 Å². The van der Waals surface area contributed by atoms with Crippen LogP contribution in [-0.2, 0) is 4.79 Å². The van der Waals surface area contributed by atoms with Gasteiger partial charge in [0.2, 0.25) is 11.1 Å². The zero-order chi connectivity index (χ0) is 13.5. The highest BCUT2D eigenvalue weighted by molar-refractivity contribution is 7.99. The van der Waals surface area contributed by atoms with Crippen molar-refractivity contribution in [3.8, 4) is 0 Å². The molecule has 0 radical (unpaired) electrons. The van der Waals surface area contributed by atoms with Crippen molar-refractivity contribution in [1.29, 1.82) is 0 Å². The van der Waals surface area contributed by atoms with E-state index in [0.29, 0.717) is 11.0 Å². The molecule has 1 amide bonds. The van der Waals surface area contributed by atoms with Gasteiger partial charge in [-0.3, -0.25) is 9.89 Å². The highest BCUT2D eigenvalue weighted by Crippen LogP contribution is 2.11. The van der Waals surface area contributed by atoms with Crippen LogP contribution in [0.25, 0.3) is 6.08 Å². The Bertz CT molecular complexity index is 565. The molecule has 1 heterocycles. The van der Waals surface area contributed by atoms with E-state index in [2.05, 4.69) is 20.5 Å². The van der Waals surface area contributed by atoms with Crippen molar-refractivity contribution in [3.63, 3.8) is 0 Å². The van der Waals surface area contributed by atoms with Gasteiger partial charge in [-0.15, -0.1) is 5.10 Å². The summed E-state index contributed by atoms with van der Waals surface area (Å²) in [6, 6.07) is 9.29. The molecule has 0 spiro atoms. The number of amides is 1. The van der Waals surface area contributed by atoms with E-state index in [9.17, 15) is 4.79 Å². The number of para-hydroxylation sites is 1. The maximum absolute atomic E-state index is 11.7. The second kappa shape index (κ2) is 6.75. The highest BCUT2D eigenvalue weighted by atomic mass is 32.2. The van der Waals surface area contributed by atoms with Gasteiger partial charge in [0, 0.05) is 11.8 Å². The minimum Gasteiger partial charge on any atom is -0.323 e. The van der Waals surface area contributed by atoms with Crippen LogP contribution in [-0.4, -0.2) is 26.8 Å². The SMILES string of the molecule is CCSc1n[nH]c(/C=C/C(=O)Nc2ccccc2)n1. The number of rotatable bonds is 5. The monoisotopic (exact) mass is 274 g/mol. The Morgan fingerprint density at radius 3 is 2.95 bits per heavy atom. The molecule has 0 bridgehead atoms. The Morgan fingerprint density at radius 1 is 1.42 bits per heavy atom. The molecule has 98 valence electrons. The molecule has 1 aromatic heterocycles. The van der Waals surface area contributed by atoms with E-state index in [0.717, 1.165) is 11.4 Å². The molecule has 2 aromatic rings. The second-order valence-electron chi connectivity index (χ2n) is 3.62. The topological polar surface area (TPSA) is 70.7 Å². The summed E-state index contributed by atoms with van der Waals surface area (Å²) in [5.41, 5.74) is 0.761. The maximum Gasteiger partial charge on any atom is 0.248 e. The minimum atomic E-state index is -0.202. The zero-order valence-corrected chi connectivity index (χ0v) is 11.3. The summed E-state index contributed by atoms with van der Waals surface area (Å²) >= 11 is 1.55. The largest absolute Gasteiger partial charge is 0.323 e. The van der Waals surface area contributed by atoms with Crippen LogP contribution in [0.15, 0.2) is 41.6 Å². The first kappa shape index (κ1) is 13.4. The quantitative estimate of drug-likeness (QED) is 0.649. The Balaban J connectivity index is 1.92. The first-order chi connectivity index (χ1) is 9.28. The van der Waals surface area contributed by atoms with Crippen LogP contribution in [0.2, 0.25) is 0 Å². The summed E-state index contributed by atoms with van der Waals surface area (Å²) in [5, 5.41) is 10.2. The van der Waals surface area contributed by atoms with Gasteiger partial charge in [0.25, 0.3) is 0 Å². The van der Waals surface area contributed by atoms with Gasteiger partial charge in [-0.1, -0.05) is 36.9 Å². The molecule has 6 heteroatoms. The third kappa shape index (κ3) is 4.26. The molecule has 0 aliphatic carbocycles. The molecule has 2 N–H and O–H groups in total. The van der Waals surface area contributed by atoms with Crippen molar-refractivity contribution >= 4 is 29.4 Å². The molecule has 0 aliphatic heterocycles. The van der Waals surface area contributed by atoms with Crippen LogP contribution in [0.3, 0.4) is 0 Å². The third-order valence-corrected chi connectivity index (χ3v) is 2.92. The van der Waals surface area contributed by atoms with E-state index in [1.807, 2.05) is 37.3 Å². The van der Waals surface area contributed by atoms with E-state index in [-0.39, 0.29) is 5.91 Å². The molecule has 0 saturated heterocycles. The lowest BCUT2D eigenvalue weighted by molar-refractivity contribution is -0.111. The number of aromatic nitrogens is 3. The molecule has 2 rings (SSSR count). The van der Waals surface area contributed by atoms with E-state index in [4.69, 9.17) is 0 Å². The number of nitrogens with one attached hydrogen (secondary N) is 2. The van der Waals surface area contributed by atoms with Gasteiger partial charge in [0.05, 0.1) is 0 Å². The van der Waals surface area contributed by atoms with Crippen molar-refractivity contribution in [3.05, 3.63) is 42.2 Å². The fourth-order valence-electron chi connectivity index (χ4n) is 1.39. The summed E-state index contributed by atoms with van der Waals surface area (Å²) in [6.07, 6.45) is 3.03. The van der Waals surface area contributed by atoms with Gasteiger partial charge in [0.15, 0.2) is 0 Å². The highest BCUT2D eigenvalue weighted by Gasteiger charge is 2.01. The molecule has 0 unspecified atom stereocenters. The average molecular weight is 274 g/mol. The Morgan fingerprint density at radius 2 is 2.21 bits per heavy atom. The smallest absolute Gasteiger partial charge is 0.248 e. The summed E-state index contributed by atoms with van der Waals surface area (Å²) < 4.78 is 0. The first-order valence-electron chi connectivity index (χ1n) is 5.87. The molecular formula is C13H14N4OS. The standard InChI is InChI=1S/C13H14N4OS/c1-2-19-13-15-11(16-17-13)8-9-12(18)14-10-6-4-3-5-7-10/h3-9H,2H2,1H3,(H,14,18)(H,15,16,17)/b9-8+. The number of hydrogen-bond acceptors (Lipinski definition) is 4. The van der Waals surface area contributed by atoms with Gasteiger partial charge >= 0.3 is 0 Å². The zero-order valence-electron chi connectivity index (χ0n) is 10.5. The van der Waals surface area contributed by atoms with Crippen molar-refractivity contribution in [1.82, 2.24) is 15.2 Å². The molecule has 5 nitrogen and oxygen atoms in total. The minimum absolute atomic E-state index is 0.202. The summed E-state index contributed by atoms with van der Waals surface area (Å²) in [7, 11) is 0. The van der Waals surface area contributed by atoms with E-state index >= 15 is 0 Å². The fraction of sp³-hybridized carbons (Fsp3) is 0.154. The van der Waals surface area contributed by atoms with Gasteiger partial charge in [0.1, 0.15) is 5.82 Å². The molecule has 0 saturated carbocycles. The lowest BCUT2D eigenvalue weighted by Gasteiger charge is -1.99. The van der Waals surface area contributed by atoms with Crippen LogP contribution >= 0.6 is 11.8 Å². The molecular weight excluding hydrogens is 260 g/mol. The van der Waals surface area contributed by atoms with Gasteiger partial charge in [-0.25, -0.2) is 4.98 Å². The van der Waals surface area contributed by atoms with E-state index in [1.54, 1.807) is 17.8 Å². The number of anilines is 1. The van der Waals surface area contributed by atoms with Crippen LogP contribution in [0.1, 0.15) is 12.7 Å². The lowest BCUT2D eigenvalue weighted by Crippen LogP contribution is -2.07. The molecule has 0 aliphatic rings. The summed E-state index contributed by atoms with van der Waals surface area (Å²) in [5.74, 6) is 1.28. The number of hydrogen-bond donors (Lipinski definition) is 2. The molecule has 1 aromatic carbocycles. The number of nitrogens with zero attached hydrogens (tertiary/aromatic N) is 2. The van der Waals surface area contributed by atoms with Crippen molar-refractivity contribution in [2.24, 2.45) is 0 Å². The van der Waals surface area contributed by atoms with E-state index < -0.39 is 0 Å². The maximum atomic E-state index is 11.7. The van der Waals surface area contributed by atoms with Crippen LogP contribution in [0.4, 0.5) is 5.69 Å². The predicted molar refractivity (Wildman–Crippen MR) is 76.9 cm³/mol. The number of aromatic amines is 1. The Hall–Kier alpha value is -2.08. The number of carbonyl (C=O) groups excluding carboxylic acids is 1.